The van der Waals surface area contributed by atoms with Crippen LogP contribution in [-0.4, -0.2) is 31.7 Å². The van der Waals surface area contributed by atoms with E-state index in [1.54, 1.807) is 18.2 Å². The Hall–Kier alpha value is -3.02. The third-order valence-electron chi connectivity index (χ3n) is 4.30. The maximum atomic E-state index is 12.4. The molecule has 2 aromatic rings. The van der Waals surface area contributed by atoms with Crippen LogP contribution in [0.3, 0.4) is 0 Å². The molecule has 0 aliphatic rings. The summed E-state index contributed by atoms with van der Waals surface area (Å²) in [5.74, 6) is 0.302. The van der Waals surface area contributed by atoms with Gasteiger partial charge in [0.2, 0.25) is 0 Å². The number of hydrogen-bond acceptors (Lipinski definition) is 5. The van der Waals surface area contributed by atoms with Crippen LogP contribution in [0.25, 0.3) is 0 Å². The number of anilines is 1. The predicted molar refractivity (Wildman–Crippen MR) is 113 cm³/mol. The second-order valence-electron chi connectivity index (χ2n) is 6.85. The second-order valence-corrected chi connectivity index (χ2v) is 6.85. The number of rotatable bonds is 9. The number of para-hydroxylation sites is 1. The normalized spacial score (nSPS) is 10.6. The van der Waals surface area contributed by atoms with Crippen molar-refractivity contribution in [3.8, 4) is 11.5 Å². The van der Waals surface area contributed by atoms with Crippen LogP contribution in [0.4, 0.5) is 5.69 Å². The number of esters is 1. The molecule has 156 valence electrons. The van der Waals surface area contributed by atoms with Crippen molar-refractivity contribution in [1.29, 1.82) is 0 Å². The molecular weight excluding hydrogens is 370 g/mol. The minimum atomic E-state index is -0.599. The second kappa shape index (κ2) is 10.5. The molecule has 0 radical (unpaired) electrons. The summed E-state index contributed by atoms with van der Waals surface area (Å²) in [5, 5.41) is 2.86. The van der Waals surface area contributed by atoms with Gasteiger partial charge >= 0.3 is 5.97 Å². The van der Waals surface area contributed by atoms with Gasteiger partial charge in [0.1, 0.15) is 0 Å². The van der Waals surface area contributed by atoms with E-state index in [2.05, 4.69) is 19.2 Å². The molecule has 0 unspecified atom stereocenters. The summed E-state index contributed by atoms with van der Waals surface area (Å²) in [6.07, 6.45) is 0. The Kier molecular flexibility index (Phi) is 8.07. The third-order valence-corrected chi connectivity index (χ3v) is 4.30. The number of carbonyl (C=O) groups excluding carboxylic acids is 2. The highest BCUT2D eigenvalue weighted by Gasteiger charge is 2.16. The maximum Gasteiger partial charge on any atom is 0.338 e. The van der Waals surface area contributed by atoms with Gasteiger partial charge < -0.3 is 19.5 Å². The van der Waals surface area contributed by atoms with Crippen molar-refractivity contribution in [2.45, 2.75) is 40.5 Å². The summed E-state index contributed by atoms with van der Waals surface area (Å²) >= 11 is 0. The van der Waals surface area contributed by atoms with Gasteiger partial charge in [-0.25, -0.2) is 4.79 Å². The van der Waals surface area contributed by atoms with E-state index in [4.69, 9.17) is 14.2 Å². The molecule has 0 bridgehead atoms. The Bertz CT molecular complexity index is 860. The van der Waals surface area contributed by atoms with Crippen LogP contribution in [0.1, 0.15) is 55.1 Å². The smallest absolute Gasteiger partial charge is 0.338 e. The van der Waals surface area contributed by atoms with Gasteiger partial charge in [0, 0.05) is 5.69 Å². The number of aryl methyl sites for hydroxylation is 1. The number of ether oxygens (including phenoxy) is 3. The highest BCUT2D eigenvalue weighted by atomic mass is 16.5. The first-order valence-electron chi connectivity index (χ1n) is 9.83. The monoisotopic (exact) mass is 399 g/mol. The zero-order valence-electron chi connectivity index (χ0n) is 17.7. The van der Waals surface area contributed by atoms with Crippen LogP contribution < -0.4 is 14.8 Å². The fourth-order valence-electron chi connectivity index (χ4n) is 2.91. The fourth-order valence-corrected chi connectivity index (χ4v) is 2.91. The molecular formula is C23H29NO5. The van der Waals surface area contributed by atoms with E-state index in [1.807, 2.05) is 39.0 Å². The Morgan fingerprint density at radius 2 is 1.69 bits per heavy atom. The predicted octanol–water partition coefficient (Wildman–Crippen LogP) is 4.71. The van der Waals surface area contributed by atoms with Crippen molar-refractivity contribution in [2.24, 2.45) is 0 Å². The summed E-state index contributed by atoms with van der Waals surface area (Å²) in [4.78, 5) is 24.7. The molecule has 6 heteroatoms. The van der Waals surface area contributed by atoms with Gasteiger partial charge in [-0.2, -0.15) is 0 Å². The SMILES string of the molecule is CCOc1ccc(C(=O)OCC(=O)Nc2c(C)cccc2C(C)C)cc1OCC. The molecule has 0 aliphatic heterocycles. The quantitative estimate of drug-likeness (QED) is 0.618. The van der Waals surface area contributed by atoms with Crippen LogP contribution in [0.5, 0.6) is 11.5 Å². The number of carbonyl (C=O) groups is 2. The van der Waals surface area contributed by atoms with Crippen LogP contribution >= 0.6 is 0 Å². The van der Waals surface area contributed by atoms with E-state index in [0.29, 0.717) is 30.3 Å². The van der Waals surface area contributed by atoms with Crippen molar-refractivity contribution in [1.82, 2.24) is 0 Å². The van der Waals surface area contributed by atoms with E-state index in [-0.39, 0.29) is 18.4 Å². The molecule has 0 saturated heterocycles. The number of benzene rings is 2. The molecule has 29 heavy (non-hydrogen) atoms. The zero-order chi connectivity index (χ0) is 21.4. The molecule has 2 rings (SSSR count). The lowest BCUT2D eigenvalue weighted by atomic mass is 9.98. The minimum absolute atomic E-state index is 0.258. The lowest BCUT2D eigenvalue weighted by Crippen LogP contribution is -2.22. The first-order chi connectivity index (χ1) is 13.9. The Morgan fingerprint density at radius 3 is 2.34 bits per heavy atom. The van der Waals surface area contributed by atoms with Gasteiger partial charge in [0.05, 0.1) is 18.8 Å². The van der Waals surface area contributed by atoms with Crippen LogP contribution in [0.15, 0.2) is 36.4 Å². The summed E-state index contributed by atoms with van der Waals surface area (Å²) in [7, 11) is 0. The lowest BCUT2D eigenvalue weighted by molar-refractivity contribution is -0.119. The van der Waals surface area contributed by atoms with Gasteiger partial charge in [-0.05, 0) is 56.0 Å². The van der Waals surface area contributed by atoms with Gasteiger partial charge in [0.15, 0.2) is 18.1 Å². The molecule has 2 aromatic carbocycles. The summed E-state index contributed by atoms with van der Waals surface area (Å²) < 4.78 is 16.2. The largest absolute Gasteiger partial charge is 0.490 e. The summed E-state index contributed by atoms with van der Waals surface area (Å²) in [6.45, 7) is 10.3. The molecule has 0 heterocycles. The third kappa shape index (κ3) is 5.98. The maximum absolute atomic E-state index is 12.4. The summed E-state index contributed by atoms with van der Waals surface area (Å²) in [5.41, 5.74) is 3.06. The Balaban J connectivity index is 2.04. The zero-order valence-corrected chi connectivity index (χ0v) is 17.7. The highest BCUT2D eigenvalue weighted by Crippen LogP contribution is 2.29. The van der Waals surface area contributed by atoms with Crippen molar-refractivity contribution >= 4 is 17.6 Å². The van der Waals surface area contributed by atoms with Crippen molar-refractivity contribution in [2.75, 3.05) is 25.1 Å². The molecule has 0 saturated carbocycles. The van der Waals surface area contributed by atoms with Gasteiger partial charge in [-0.3, -0.25) is 4.79 Å². The molecule has 0 aromatic heterocycles. The van der Waals surface area contributed by atoms with Crippen LogP contribution in [-0.2, 0) is 9.53 Å². The van der Waals surface area contributed by atoms with Crippen molar-refractivity contribution in [3.63, 3.8) is 0 Å². The molecule has 0 fully saturated rings. The van der Waals surface area contributed by atoms with Crippen molar-refractivity contribution < 1.29 is 23.8 Å². The number of nitrogens with one attached hydrogen (secondary N) is 1. The Morgan fingerprint density at radius 1 is 1.00 bits per heavy atom. The van der Waals surface area contributed by atoms with Crippen LogP contribution in [0, 0.1) is 6.92 Å². The molecule has 1 amide bonds. The average Bonchev–Trinajstić information content (AvgIpc) is 2.69. The van der Waals surface area contributed by atoms with E-state index in [0.717, 1.165) is 16.8 Å². The van der Waals surface area contributed by atoms with Gasteiger partial charge in [-0.15, -0.1) is 0 Å². The minimum Gasteiger partial charge on any atom is -0.490 e. The standard InChI is InChI=1S/C23H29NO5/c1-6-27-19-12-11-17(13-20(19)28-7-2)23(26)29-14-21(25)24-22-16(5)9-8-10-18(22)15(3)4/h8-13,15H,6-7,14H2,1-5H3,(H,24,25). The summed E-state index contributed by atoms with van der Waals surface area (Å²) in [6, 6.07) is 10.7. The molecule has 1 N–H and O–H groups in total. The fraction of sp³-hybridized carbons (Fsp3) is 0.391. The highest BCUT2D eigenvalue weighted by molar-refractivity contribution is 5.96. The van der Waals surface area contributed by atoms with E-state index in [1.165, 1.54) is 0 Å². The van der Waals surface area contributed by atoms with E-state index < -0.39 is 5.97 Å². The average molecular weight is 399 g/mol. The lowest BCUT2D eigenvalue weighted by Gasteiger charge is -2.16. The van der Waals surface area contributed by atoms with Crippen LogP contribution in [0.2, 0.25) is 0 Å². The molecule has 0 atom stereocenters. The molecule has 0 aliphatic carbocycles. The number of hydrogen-bond donors (Lipinski definition) is 1. The van der Waals surface area contributed by atoms with Gasteiger partial charge in [-0.1, -0.05) is 32.0 Å². The molecule has 6 nitrogen and oxygen atoms in total. The first-order valence-corrected chi connectivity index (χ1v) is 9.83. The van der Waals surface area contributed by atoms with Crippen molar-refractivity contribution in [3.05, 3.63) is 53.1 Å². The topological polar surface area (TPSA) is 73.9 Å². The molecule has 0 spiro atoms. The van der Waals surface area contributed by atoms with Gasteiger partial charge in [0.25, 0.3) is 5.91 Å². The number of amides is 1. The first kappa shape index (κ1) is 22.3. The Labute approximate surface area is 172 Å². The van der Waals surface area contributed by atoms with E-state index >= 15 is 0 Å². The van der Waals surface area contributed by atoms with E-state index in [9.17, 15) is 9.59 Å².